The van der Waals surface area contributed by atoms with Crippen LogP contribution in [0.2, 0.25) is 5.02 Å². The number of imide groups is 1. The van der Waals surface area contributed by atoms with E-state index >= 15 is 0 Å². The summed E-state index contributed by atoms with van der Waals surface area (Å²) in [5, 5.41) is 10.0. The van der Waals surface area contributed by atoms with Gasteiger partial charge in [-0.1, -0.05) is 41.9 Å². The van der Waals surface area contributed by atoms with Crippen LogP contribution >= 0.6 is 11.6 Å². The van der Waals surface area contributed by atoms with Crippen LogP contribution in [0.3, 0.4) is 0 Å². The number of nitrogens with zero attached hydrogens (tertiary/aromatic N) is 4. The molecule has 0 radical (unpaired) electrons. The maximum Gasteiger partial charge on any atom is 0.263 e. The van der Waals surface area contributed by atoms with Gasteiger partial charge < -0.3 is 0 Å². The minimum Gasteiger partial charge on any atom is -0.271 e. The van der Waals surface area contributed by atoms with Crippen LogP contribution < -0.4 is 9.91 Å². The highest BCUT2D eigenvalue weighted by Crippen LogP contribution is 2.35. The molecule has 2 heterocycles. The molecule has 6 nitrogen and oxygen atoms in total. The molecule has 2 aromatic carbocycles. The van der Waals surface area contributed by atoms with E-state index in [1.807, 2.05) is 12.1 Å². The molecular formula is C18H15ClN4O2. The molecule has 2 aromatic rings. The minimum absolute atomic E-state index is 0.329. The summed E-state index contributed by atoms with van der Waals surface area (Å²) >= 11 is 6.02. The number of hydrogen-bond acceptors (Lipinski definition) is 5. The second-order valence-electron chi connectivity index (χ2n) is 5.95. The van der Waals surface area contributed by atoms with Crippen molar-refractivity contribution in [2.45, 2.75) is 25.4 Å². The van der Waals surface area contributed by atoms with E-state index in [4.69, 9.17) is 11.6 Å². The van der Waals surface area contributed by atoms with E-state index in [0.29, 0.717) is 16.4 Å². The molecule has 0 N–H and O–H groups in total. The Labute approximate surface area is 149 Å². The van der Waals surface area contributed by atoms with Gasteiger partial charge in [0.2, 0.25) is 0 Å². The highest BCUT2D eigenvalue weighted by atomic mass is 35.5. The van der Waals surface area contributed by atoms with Gasteiger partial charge in [0, 0.05) is 5.02 Å². The molecule has 0 unspecified atom stereocenters. The first-order valence-electron chi connectivity index (χ1n) is 8.02. The molecule has 2 aliphatic heterocycles. The van der Waals surface area contributed by atoms with Gasteiger partial charge in [0.1, 0.15) is 0 Å². The molecule has 2 aliphatic rings. The summed E-state index contributed by atoms with van der Waals surface area (Å²) < 4.78 is 0. The van der Waals surface area contributed by atoms with E-state index in [0.717, 1.165) is 12.0 Å². The van der Waals surface area contributed by atoms with E-state index in [1.54, 1.807) is 36.4 Å². The van der Waals surface area contributed by atoms with E-state index in [2.05, 4.69) is 17.3 Å². The zero-order valence-corrected chi connectivity index (χ0v) is 14.2. The van der Waals surface area contributed by atoms with Gasteiger partial charge in [-0.05, 0) is 42.3 Å². The summed E-state index contributed by atoms with van der Waals surface area (Å²) in [4.78, 5) is 26.8. The number of amides is 2. The summed E-state index contributed by atoms with van der Waals surface area (Å²) in [7, 11) is 0. The SMILES string of the molecule is CCc1ccc(N2C(=O)[C@@H]3[C@@H](N=NN3c3cccc(Cl)c3)C2=O)cc1. The number of carbonyl (C=O) groups excluding carboxylic acids is 2. The molecule has 2 atom stereocenters. The van der Waals surface area contributed by atoms with Crippen LogP contribution in [0.5, 0.6) is 0 Å². The molecule has 4 rings (SSSR count). The van der Waals surface area contributed by atoms with Crippen molar-refractivity contribution in [3.8, 4) is 0 Å². The second-order valence-corrected chi connectivity index (χ2v) is 6.39. The summed E-state index contributed by atoms with van der Waals surface area (Å²) in [6.07, 6.45) is 0.893. The monoisotopic (exact) mass is 354 g/mol. The average Bonchev–Trinajstić information content (AvgIpc) is 3.16. The number of hydrogen-bond donors (Lipinski definition) is 0. The second kappa shape index (κ2) is 5.97. The molecular weight excluding hydrogens is 340 g/mol. The molecule has 126 valence electrons. The van der Waals surface area contributed by atoms with Crippen molar-refractivity contribution in [3.05, 3.63) is 59.1 Å². The first-order valence-corrected chi connectivity index (χ1v) is 8.40. The largest absolute Gasteiger partial charge is 0.271 e. The first-order chi connectivity index (χ1) is 12.1. The summed E-state index contributed by atoms with van der Waals surface area (Å²) in [5.74, 6) is -0.684. The van der Waals surface area contributed by atoms with E-state index < -0.39 is 12.1 Å². The van der Waals surface area contributed by atoms with Gasteiger partial charge in [0.05, 0.1) is 11.4 Å². The topological polar surface area (TPSA) is 65.3 Å². The lowest BCUT2D eigenvalue weighted by atomic mass is 10.1. The third kappa shape index (κ3) is 2.49. The van der Waals surface area contributed by atoms with Crippen LogP contribution in [0.4, 0.5) is 11.4 Å². The Bertz CT molecular complexity index is 881. The Balaban J connectivity index is 1.68. The van der Waals surface area contributed by atoms with E-state index in [9.17, 15) is 9.59 Å². The number of anilines is 2. The molecule has 0 bridgehead atoms. The molecule has 25 heavy (non-hydrogen) atoms. The van der Waals surface area contributed by atoms with Crippen LogP contribution in [0, 0.1) is 0 Å². The fraction of sp³-hybridized carbons (Fsp3) is 0.222. The Hall–Kier alpha value is -2.73. The quantitative estimate of drug-likeness (QED) is 0.793. The molecule has 1 fully saturated rings. The number of rotatable bonds is 3. The zero-order chi connectivity index (χ0) is 17.6. The van der Waals surface area contributed by atoms with Crippen molar-refractivity contribution in [1.82, 2.24) is 0 Å². The molecule has 2 amide bonds. The lowest BCUT2D eigenvalue weighted by molar-refractivity contribution is -0.121. The maximum atomic E-state index is 12.9. The van der Waals surface area contributed by atoms with Crippen molar-refractivity contribution >= 4 is 34.8 Å². The van der Waals surface area contributed by atoms with Crippen LogP contribution in [0.15, 0.2) is 58.9 Å². The first kappa shape index (κ1) is 15.8. The van der Waals surface area contributed by atoms with Crippen molar-refractivity contribution in [3.63, 3.8) is 0 Å². The molecule has 0 saturated carbocycles. The van der Waals surface area contributed by atoms with Gasteiger partial charge >= 0.3 is 0 Å². The smallest absolute Gasteiger partial charge is 0.263 e. The van der Waals surface area contributed by atoms with Gasteiger partial charge in [-0.2, -0.15) is 5.11 Å². The Morgan fingerprint density at radius 3 is 2.48 bits per heavy atom. The van der Waals surface area contributed by atoms with Gasteiger partial charge in [0.15, 0.2) is 12.1 Å². The standard InChI is InChI=1S/C18H15ClN4O2/c1-2-11-6-8-13(9-7-11)22-17(24)15-16(18(22)25)23(21-20-15)14-5-3-4-12(19)10-14/h3-10,15-16H,2H2,1H3/t15-,16+/m1/s1. The highest BCUT2D eigenvalue weighted by molar-refractivity contribution is 6.31. The molecule has 0 aromatic heterocycles. The van der Waals surface area contributed by atoms with Gasteiger partial charge in [0.25, 0.3) is 11.8 Å². The van der Waals surface area contributed by atoms with Crippen molar-refractivity contribution < 1.29 is 9.59 Å². The zero-order valence-electron chi connectivity index (χ0n) is 13.5. The number of fused-ring (bicyclic) bond motifs is 1. The molecule has 7 heteroatoms. The lowest BCUT2D eigenvalue weighted by Crippen LogP contribution is -2.39. The third-order valence-corrected chi connectivity index (χ3v) is 4.69. The molecule has 0 aliphatic carbocycles. The Morgan fingerprint density at radius 2 is 1.80 bits per heavy atom. The molecule has 0 spiro atoms. The van der Waals surface area contributed by atoms with Crippen molar-refractivity contribution in [1.29, 1.82) is 0 Å². The highest BCUT2D eigenvalue weighted by Gasteiger charge is 2.55. The molecule has 1 saturated heterocycles. The van der Waals surface area contributed by atoms with Crippen molar-refractivity contribution in [2.75, 3.05) is 9.91 Å². The van der Waals surface area contributed by atoms with Gasteiger partial charge in [-0.15, -0.1) is 0 Å². The predicted octanol–water partition coefficient (Wildman–Crippen LogP) is 3.40. The van der Waals surface area contributed by atoms with Crippen molar-refractivity contribution in [2.24, 2.45) is 10.3 Å². The van der Waals surface area contributed by atoms with Gasteiger partial charge in [-0.25, -0.2) is 9.91 Å². The summed E-state index contributed by atoms with van der Waals surface area (Å²) in [6, 6.07) is 12.8. The van der Waals surface area contributed by atoms with Crippen LogP contribution in [-0.4, -0.2) is 23.9 Å². The summed E-state index contributed by atoms with van der Waals surface area (Å²) in [5.41, 5.74) is 2.33. The average molecular weight is 355 g/mol. The minimum atomic E-state index is -0.822. The van der Waals surface area contributed by atoms with E-state index in [-0.39, 0.29) is 11.8 Å². The van der Waals surface area contributed by atoms with Crippen LogP contribution in [0.25, 0.3) is 0 Å². The number of carbonyl (C=O) groups is 2. The fourth-order valence-electron chi connectivity index (χ4n) is 3.13. The van der Waals surface area contributed by atoms with Crippen LogP contribution in [0.1, 0.15) is 12.5 Å². The van der Waals surface area contributed by atoms with Gasteiger partial charge in [-0.3, -0.25) is 9.59 Å². The summed E-state index contributed by atoms with van der Waals surface area (Å²) in [6.45, 7) is 2.05. The number of halogens is 1. The number of benzene rings is 2. The maximum absolute atomic E-state index is 12.9. The number of aryl methyl sites for hydroxylation is 1. The Morgan fingerprint density at radius 1 is 1.04 bits per heavy atom. The fourth-order valence-corrected chi connectivity index (χ4v) is 3.31. The lowest BCUT2D eigenvalue weighted by Gasteiger charge is -2.20. The van der Waals surface area contributed by atoms with Crippen LogP contribution in [-0.2, 0) is 16.0 Å². The predicted molar refractivity (Wildman–Crippen MR) is 94.7 cm³/mol. The van der Waals surface area contributed by atoms with E-state index in [1.165, 1.54) is 9.91 Å². The third-order valence-electron chi connectivity index (χ3n) is 4.46. The normalized spacial score (nSPS) is 22.0. The Kier molecular flexibility index (Phi) is 3.77.